The van der Waals surface area contributed by atoms with Gasteiger partial charge >= 0.3 is 0 Å². The lowest BCUT2D eigenvalue weighted by molar-refractivity contribution is 0.906. The molecule has 10 heteroatoms. The number of aromatic amines is 1. The van der Waals surface area contributed by atoms with Crippen LogP contribution in [-0.2, 0) is 5.75 Å². The number of nitrogens with one attached hydrogen (secondary N) is 1. The van der Waals surface area contributed by atoms with Gasteiger partial charge in [0.2, 0.25) is 0 Å². The van der Waals surface area contributed by atoms with Crippen molar-refractivity contribution in [1.29, 1.82) is 0 Å². The first kappa shape index (κ1) is 19.5. The van der Waals surface area contributed by atoms with Crippen molar-refractivity contribution in [2.45, 2.75) is 17.8 Å². The normalized spacial score (nSPS) is 11.4. The SMILES string of the molecule is Cc1ccc(-n2c(SCc3cc(=O)n4cc(Cl)ccc4n3)nc3c(=O)[nH]cnc32)cc1. The van der Waals surface area contributed by atoms with Crippen LogP contribution < -0.4 is 11.1 Å². The number of imidazole rings is 1. The average Bonchev–Trinajstić information content (AvgIpc) is 3.13. The zero-order chi connectivity index (χ0) is 21.5. The van der Waals surface area contributed by atoms with Gasteiger partial charge in [-0.25, -0.2) is 15.0 Å². The highest BCUT2D eigenvalue weighted by Crippen LogP contribution is 2.27. The number of thioether (sulfide) groups is 1. The number of halogens is 1. The first-order valence-electron chi connectivity index (χ1n) is 9.33. The Labute approximate surface area is 184 Å². The summed E-state index contributed by atoms with van der Waals surface area (Å²) in [6, 6.07) is 12.7. The van der Waals surface area contributed by atoms with Crippen LogP contribution >= 0.6 is 23.4 Å². The molecule has 0 unspecified atom stereocenters. The highest BCUT2D eigenvalue weighted by Gasteiger charge is 2.17. The summed E-state index contributed by atoms with van der Waals surface area (Å²) >= 11 is 7.35. The van der Waals surface area contributed by atoms with E-state index in [-0.39, 0.29) is 16.6 Å². The number of nitrogens with zero attached hydrogens (tertiary/aromatic N) is 5. The second-order valence-electron chi connectivity index (χ2n) is 6.92. The summed E-state index contributed by atoms with van der Waals surface area (Å²) in [5, 5.41) is 1.05. The maximum atomic E-state index is 12.4. The van der Waals surface area contributed by atoms with Crippen molar-refractivity contribution in [3.8, 4) is 5.69 Å². The molecule has 154 valence electrons. The second-order valence-corrected chi connectivity index (χ2v) is 8.30. The lowest BCUT2D eigenvalue weighted by atomic mass is 10.2. The summed E-state index contributed by atoms with van der Waals surface area (Å²) < 4.78 is 3.24. The summed E-state index contributed by atoms with van der Waals surface area (Å²) in [4.78, 5) is 40.7. The molecule has 0 spiro atoms. The van der Waals surface area contributed by atoms with Crippen LogP contribution in [0.15, 0.2) is 69.7 Å². The fourth-order valence-electron chi connectivity index (χ4n) is 3.25. The van der Waals surface area contributed by atoms with Crippen molar-refractivity contribution in [2.75, 3.05) is 0 Å². The Morgan fingerprint density at radius 1 is 1.10 bits per heavy atom. The summed E-state index contributed by atoms with van der Waals surface area (Å²) in [6.07, 6.45) is 2.90. The number of aryl methyl sites for hydroxylation is 1. The molecular formula is C21H15ClN6O2S. The van der Waals surface area contributed by atoms with Gasteiger partial charge in [-0.15, -0.1) is 0 Å². The fourth-order valence-corrected chi connectivity index (χ4v) is 4.31. The Kier molecular flexibility index (Phi) is 4.84. The molecule has 1 aromatic carbocycles. The largest absolute Gasteiger partial charge is 0.311 e. The maximum Gasteiger partial charge on any atom is 0.278 e. The van der Waals surface area contributed by atoms with E-state index >= 15 is 0 Å². The van der Waals surface area contributed by atoms with E-state index in [0.717, 1.165) is 11.3 Å². The standard InChI is InChI=1S/C21H15ClN6O2S/c1-12-2-5-15(6-3-12)28-19-18(20(30)24-11-23-19)26-21(28)31-10-14-8-17(29)27-9-13(22)4-7-16(27)25-14/h2-9,11H,10H2,1H3,(H,23,24,30). The molecule has 4 aromatic heterocycles. The number of pyridine rings is 1. The predicted octanol–water partition coefficient (Wildman–Crippen LogP) is 3.37. The number of aromatic nitrogens is 6. The van der Waals surface area contributed by atoms with E-state index in [0.29, 0.717) is 32.9 Å². The van der Waals surface area contributed by atoms with Gasteiger partial charge in [-0.05, 0) is 31.2 Å². The molecule has 8 nitrogen and oxygen atoms in total. The van der Waals surface area contributed by atoms with Gasteiger partial charge in [0.05, 0.1) is 17.0 Å². The number of hydrogen-bond donors (Lipinski definition) is 1. The van der Waals surface area contributed by atoms with Gasteiger partial charge in [0.15, 0.2) is 16.3 Å². The molecule has 0 aliphatic heterocycles. The predicted molar refractivity (Wildman–Crippen MR) is 120 cm³/mol. The minimum atomic E-state index is -0.309. The fraction of sp³-hybridized carbons (Fsp3) is 0.0952. The van der Waals surface area contributed by atoms with Crippen LogP contribution in [0.3, 0.4) is 0 Å². The Bertz CT molecular complexity index is 1560. The van der Waals surface area contributed by atoms with Crippen molar-refractivity contribution in [3.63, 3.8) is 0 Å². The first-order valence-corrected chi connectivity index (χ1v) is 10.7. The van der Waals surface area contributed by atoms with Crippen LogP contribution in [0.25, 0.3) is 22.5 Å². The van der Waals surface area contributed by atoms with E-state index < -0.39 is 0 Å². The van der Waals surface area contributed by atoms with Gasteiger partial charge in [-0.2, -0.15) is 0 Å². The molecule has 0 amide bonds. The monoisotopic (exact) mass is 450 g/mol. The van der Waals surface area contributed by atoms with Gasteiger partial charge in [0.1, 0.15) is 5.65 Å². The van der Waals surface area contributed by atoms with Crippen LogP contribution in [0.4, 0.5) is 0 Å². The molecule has 4 heterocycles. The van der Waals surface area contributed by atoms with Crippen molar-refractivity contribution in [3.05, 3.63) is 92.0 Å². The summed E-state index contributed by atoms with van der Waals surface area (Å²) in [5.74, 6) is 0.390. The Morgan fingerprint density at radius 3 is 2.71 bits per heavy atom. The molecule has 31 heavy (non-hydrogen) atoms. The van der Waals surface area contributed by atoms with Crippen LogP contribution in [0, 0.1) is 6.92 Å². The van der Waals surface area contributed by atoms with Gasteiger partial charge < -0.3 is 4.98 Å². The number of fused-ring (bicyclic) bond motifs is 2. The van der Waals surface area contributed by atoms with Crippen molar-refractivity contribution in [1.82, 2.24) is 28.9 Å². The molecule has 0 aliphatic carbocycles. The molecule has 0 aliphatic rings. The zero-order valence-corrected chi connectivity index (χ0v) is 17.8. The first-order chi connectivity index (χ1) is 15.0. The third kappa shape index (κ3) is 3.62. The summed E-state index contributed by atoms with van der Waals surface area (Å²) in [7, 11) is 0. The number of benzene rings is 1. The van der Waals surface area contributed by atoms with Crippen LogP contribution in [0.1, 0.15) is 11.3 Å². The van der Waals surface area contributed by atoms with Gasteiger partial charge in [-0.1, -0.05) is 41.1 Å². The lowest BCUT2D eigenvalue weighted by Gasteiger charge is -2.09. The summed E-state index contributed by atoms with van der Waals surface area (Å²) in [5.41, 5.74) is 3.27. The van der Waals surface area contributed by atoms with Crippen molar-refractivity contribution < 1.29 is 0 Å². The molecule has 0 bridgehead atoms. The topological polar surface area (TPSA) is 97.9 Å². The summed E-state index contributed by atoms with van der Waals surface area (Å²) in [6.45, 7) is 2.01. The quantitative estimate of drug-likeness (QED) is 0.421. The Morgan fingerprint density at radius 2 is 1.90 bits per heavy atom. The number of rotatable bonds is 4. The van der Waals surface area contributed by atoms with E-state index in [9.17, 15) is 9.59 Å². The van der Waals surface area contributed by atoms with E-state index in [4.69, 9.17) is 11.6 Å². The van der Waals surface area contributed by atoms with E-state index in [1.54, 1.807) is 12.1 Å². The van der Waals surface area contributed by atoms with Crippen LogP contribution in [0.2, 0.25) is 5.02 Å². The molecule has 0 fully saturated rings. The molecule has 0 saturated carbocycles. The third-order valence-electron chi connectivity index (χ3n) is 4.74. The molecule has 0 atom stereocenters. The molecule has 0 saturated heterocycles. The van der Waals surface area contributed by atoms with Gasteiger partial charge in [0, 0.05) is 23.7 Å². The minimum Gasteiger partial charge on any atom is -0.311 e. The van der Waals surface area contributed by atoms with Crippen molar-refractivity contribution >= 4 is 40.2 Å². The molecule has 5 aromatic rings. The second kappa shape index (κ2) is 7.68. The lowest BCUT2D eigenvalue weighted by Crippen LogP contribution is -2.15. The van der Waals surface area contributed by atoms with Crippen LogP contribution in [0.5, 0.6) is 0 Å². The Balaban J connectivity index is 1.57. The van der Waals surface area contributed by atoms with E-state index in [2.05, 4.69) is 19.9 Å². The average molecular weight is 451 g/mol. The van der Waals surface area contributed by atoms with E-state index in [1.165, 1.54) is 34.8 Å². The zero-order valence-electron chi connectivity index (χ0n) is 16.2. The molecule has 5 rings (SSSR count). The number of hydrogen-bond acceptors (Lipinski definition) is 6. The minimum absolute atomic E-state index is 0.215. The van der Waals surface area contributed by atoms with E-state index in [1.807, 2.05) is 35.8 Å². The van der Waals surface area contributed by atoms with Gasteiger partial charge in [0.25, 0.3) is 11.1 Å². The molecule has 0 radical (unpaired) electrons. The Hall–Kier alpha value is -3.43. The molecule has 1 N–H and O–H groups in total. The maximum absolute atomic E-state index is 12.4. The smallest absolute Gasteiger partial charge is 0.278 e. The third-order valence-corrected chi connectivity index (χ3v) is 5.93. The van der Waals surface area contributed by atoms with Crippen molar-refractivity contribution in [2.24, 2.45) is 0 Å². The van der Waals surface area contributed by atoms with Crippen LogP contribution in [-0.4, -0.2) is 28.9 Å². The number of H-pyrrole nitrogens is 1. The van der Waals surface area contributed by atoms with Gasteiger partial charge in [-0.3, -0.25) is 18.6 Å². The highest BCUT2D eigenvalue weighted by atomic mass is 35.5. The highest BCUT2D eigenvalue weighted by molar-refractivity contribution is 7.98. The molecular weight excluding hydrogens is 436 g/mol.